The van der Waals surface area contributed by atoms with Crippen molar-refractivity contribution < 1.29 is 22.5 Å². The van der Waals surface area contributed by atoms with Gasteiger partial charge in [-0.25, -0.2) is 0 Å². The molecule has 1 aromatic carbocycles. The number of hydrogen-bond donors (Lipinski definition) is 1. The van der Waals surface area contributed by atoms with Crippen molar-refractivity contribution in [1.29, 1.82) is 0 Å². The minimum absolute atomic E-state index is 0.0565. The second-order valence-electron chi connectivity index (χ2n) is 4.50. The second-order valence-corrected chi connectivity index (χ2v) is 5.89. The Hall–Kier alpha value is -1.40. The molecular formula is C14H20O5S. The summed E-state index contributed by atoms with van der Waals surface area (Å²) < 4.78 is 37.0. The zero-order valence-electron chi connectivity index (χ0n) is 11.8. The Morgan fingerprint density at radius 2 is 1.95 bits per heavy atom. The minimum Gasteiger partial charge on any atom is -0.425 e. The summed E-state index contributed by atoms with van der Waals surface area (Å²) in [5, 5.41) is 0. The number of benzene rings is 1. The topological polar surface area (TPSA) is 80.7 Å². The van der Waals surface area contributed by atoms with E-state index >= 15 is 0 Å². The van der Waals surface area contributed by atoms with Crippen LogP contribution >= 0.6 is 0 Å². The van der Waals surface area contributed by atoms with Crippen molar-refractivity contribution in [2.45, 2.75) is 50.8 Å². The van der Waals surface area contributed by atoms with Crippen molar-refractivity contribution >= 4 is 16.1 Å². The van der Waals surface area contributed by atoms with Crippen LogP contribution in [0.5, 0.6) is 5.75 Å². The first-order valence-electron chi connectivity index (χ1n) is 6.70. The lowest BCUT2D eigenvalue weighted by molar-refractivity contribution is -0.134. The number of aryl methyl sites for hydroxylation is 1. The lowest BCUT2D eigenvalue weighted by atomic mass is 10.1. The molecule has 1 N–H and O–H groups in total. The molecule has 1 rings (SSSR count). The molecule has 5 nitrogen and oxygen atoms in total. The standard InChI is InChI=1S/C14H20O5S/c1-3-5-6-10-13(15)19-14-11(4-2)8-7-9-12(14)20(16,17)18/h7-9H,3-6,10H2,1-2H3,(H,16,17,18). The fraction of sp³-hybridized carbons (Fsp3) is 0.500. The summed E-state index contributed by atoms with van der Waals surface area (Å²) in [6.07, 6.45) is 3.33. The van der Waals surface area contributed by atoms with Crippen LogP contribution in [0.4, 0.5) is 0 Å². The van der Waals surface area contributed by atoms with Gasteiger partial charge in [0.15, 0.2) is 5.75 Å². The lowest BCUT2D eigenvalue weighted by Crippen LogP contribution is -2.12. The number of ether oxygens (including phenoxy) is 1. The maximum absolute atomic E-state index is 11.7. The van der Waals surface area contributed by atoms with Gasteiger partial charge in [-0.15, -0.1) is 0 Å². The van der Waals surface area contributed by atoms with Crippen LogP contribution in [0.2, 0.25) is 0 Å². The summed E-state index contributed by atoms with van der Waals surface area (Å²) in [5.41, 5.74) is 0.573. The van der Waals surface area contributed by atoms with Gasteiger partial charge in [0.25, 0.3) is 10.1 Å². The quantitative estimate of drug-likeness (QED) is 0.362. The predicted molar refractivity (Wildman–Crippen MR) is 75.4 cm³/mol. The van der Waals surface area contributed by atoms with E-state index in [-0.39, 0.29) is 17.1 Å². The minimum atomic E-state index is -4.41. The molecule has 0 spiro atoms. The molecule has 112 valence electrons. The molecule has 1 aromatic rings. The first kappa shape index (κ1) is 16.7. The average Bonchev–Trinajstić information content (AvgIpc) is 2.38. The Kier molecular flexibility index (Phi) is 6.16. The Balaban J connectivity index is 3.00. The molecule has 6 heteroatoms. The van der Waals surface area contributed by atoms with Crippen LogP contribution in [0, 0.1) is 0 Å². The second kappa shape index (κ2) is 7.40. The van der Waals surface area contributed by atoms with E-state index < -0.39 is 16.1 Å². The van der Waals surface area contributed by atoms with Crippen molar-refractivity contribution in [1.82, 2.24) is 0 Å². The van der Waals surface area contributed by atoms with Gasteiger partial charge in [-0.2, -0.15) is 8.42 Å². The van der Waals surface area contributed by atoms with E-state index in [1.54, 1.807) is 6.07 Å². The van der Waals surface area contributed by atoms with Gasteiger partial charge in [-0.05, 0) is 24.5 Å². The van der Waals surface area contributed by atoms with Crippen LogP contribution < -0.4 is 4.74 Å². The predicted octanol–water partition coefficient (Wildman–Crippen LogP) is 2.98. The van der Waals surface area contributed by atoms with Crippen molar-refractivity contribution in [2.75, 3.05) is 0 Å². The largest absolute Gasteiger partial charge is 0.425 e. The Labute approximate surface area is 119 Å². The number of unbranched alkanes of at least 4 members (excludes halogenated alkanes) is 2. The summed E-state index contributed by atoms with van der Waals surface area (Å²) >= 11 is 0. The van der Waals surface area contributed by atoms with Gasteiger partial charge >= 0.3 is 5.97 Å². The summed E-state index contributed by atoms with van der Waals surface area (Å²) in [6.45, 7) is 3.84. The van der Waals surface area contributed by atoms with Crippen LogP contribution in [-0.4, -0.2) is 18.9 Å². The molecule has 0 aromatic heterocycles. The van der Waals surface area contributed by atoms with E-state index in [0.717, 1.165) is 12.8 Å². The molecule has 0 aliphatic carbocycles. The van der Waals surface area contributed by atoms with Gasteiger partial charge in [0.1, 0.15) is 4.90 Å². The highest BCUT2D eigenvalue weighted by Gasteiger charge is 2.21. The number of para-hydroxylation sites is 1. The van der Waals surface area contributed by atoms with Crippen molar-refractivity contribution in [3.63, 3.8) is 0 Å². The normalized spacial score (nSPS) is 11.3. The van der Waals surface area contributed by atoms with Gasteiger partial charge in [0.2, 0.25) is 0 Å². The molecule has 0 heterocycles. The van der Waals surface area contributed by atoms with E-state index in [4.69, 9.17) is 4.74 Å². The maximum Gasteiger partial charge on any atom is 0.311 e. The number of carbonyl (C=O) groups excluding carboxylic acids is 1. The molecule has 0 unspecified atom stereocenters. The fourth-order valence-corrected chi connectivity index (χ4v) is 2.50. The smallest absolute Gasteiger partial charge is 0.311 e. The first-order valence-corrected chi connectivity index (χ1v) is 8.14. The molecule has 0 aliphatic heterocycles. The molecule has 0 bridgehead atoms. The third-order valence-electron chi connectivity index (χ3n) is 2.92. The highest BCUT2D eigenvalue weighted by Crippen LogP contribution is 2.29. The zero-order valence-corrected chi connectivity index (χ0v) is 12.6. The van der Waals surface area contributed by atoms with E-state index in [2.05, 4.69) is 0 Å². The van der Waals surface area contributed by atoms with Gasteiger partial charge in [-0.3, -0.25) is 9.35 Å². The van der Waals surface area contributed by atoms with E-state index in [1.165, 1.54) is 12.1 Å². The molecule has 20 heavy (non-hydrogen) atoms. The molecule has 0 fully saturated rings. The van der Waals surface area contributed by atoms with E-state index in [9.17, 15) is 17.8 Å². The average molecular weight is 300 g/mol. The molecule has 0 atom stereocenters. The molecule has 0 amide bonds. The molecule has 0 saturated carbocycles. The third kappa shape index (κ3) is 4.61. The maximum atomic E-state index is 11.7. The zero-order chi connectivity index (χ0) is 15.2. The van der Waals surface area contributed by atoms with Crippen molar-refractivity contribution in [2.24, 2.45) is 0 Å². The van der Waals surface area contributed by atoms with Gasteiger partial charge in [0, 0.05) is 6.42 Å². The first-order chi connectivity index (χ1) is 9.40. The number of hydrogen-bond acceptors (Lipinski definition) is 4. The summed E-state index contributed by atoms with van der Waals surface area (Å²) in [6, 6.07) is 4.41. The molecule has 0 radical (unpaired) electrons. The number of esters is 1. The summed E-state index contributed by atoms with van der Waals surface area (Å²) in [4.78, 5) is 11.4. The van der Waals surface area contributed by atoms with Crippen LogP contribution in [0.1, 0.15) is 45.1 Å². The highest BCUT2D eigenvalue weighted by molar-refractivity contribution is 7.86. The monoisotopic (exact) mass is 300 g/mol. The third-order valence-corrected chi connectivity index (χ3v) is 3.80. The lowest BCUT2D eigenvalue weighted by Gasteiger charge is -2.12. The van der Waals surface area contributed by atoms with Crippen molar-refractivity contribution in [3.05, 3.63) is 23.8 Å². The van der Waals surface area contributed by atoms with Gasteiger partial charge in [-0.1, -0.05) is 38.8 Å². The van der Waals surface area contributed by atoms with E-state index in [0.29, 0.717) is 18.4 Å². The Morgan fingerprint density at radius 3 is 2.50 bits per heavy atom. The highest BCUT2D eigenvalue weighted by atomic mass is 32.2. The van der Waals surface area contributed by atoms with Crippen molar-refractivity contribution in [3.8, 4) is 5.75 Å². The van der Waals surface area contributed by atoms with Gasteiger partial charge in [0.05, 0.1) is 0 Å². The van der Waals surface area contributed by atoms with E-state index in [1.807, 2.05) is 13.8 Å². The molecular weight excluding hydrogens is 280 g/mol. The van der Waals surface area contributed by atoms with Crippen LogP contribution in [0.25, 0.3) is 0 Å². The summed E-state index contributed by atoms with van der Waals surface area (Å²) in [7, 11) is -4.41. The Morgan fingerprint density at radius 1 is 1.25 bits per heavy atom. The fourth-order valence-electron chi connectivity index (χ4n) is 1.84. The summed E-state index contributed by atoms with van der Waals surface area (Å²) in [5.74, 6) is -0.539. The van der Waals surface area contributed by atoms with Crippen LogP contribution in [-0.2, 0) is 21.3 Å². The molecule has 0 saturated heterocycles. The van der Waals surface area contributed by atoms with Crippen LogP contribution in [0.3, 0.4) is 0 Å². The Bertz CT molecular complexity index is 563. The molecule has 0 aliphatic rings. The van der Waals surface area contributed by atoms with Crippen LogP contribution in [0.15, 0.2) is 23.1 Å². The number of rotatable bonds is 7. The number of carbonyl (C=O) groups is 1. The SMILES string of the molecule is CCCCCC(=O)Oc1c(CC)cccc1S(=O)(=O)O. The van der Waals surface area contributed by atoms with Gasteiger partial charge < -0.3 is 4.74 Å².